The van der Waals surface area contributed by atoms with Gasteiger partial charge >= 0.3 is 0 Å². The van der Waals surface area contributed by atoms with E-state index in [1.165, 1.54) is 23.5 Å². The maximum atomic E-state index is 13.2. The lowest BCUT2D eigenvalue weighted by Gasteiger charge is -2.15. The van der Waals surface area contributed by atoms with Gasteiger partial charge in [0.2, 0.25) is 0 Å². The molecular weight excluding hydrogens is 341 g/mol. The summed E-state index contributed by atoms with van der Waals surface area (Å²) in [7, 11) is 0. The Hall–Kier alpha value is -0.940. The summed E-state index contributed by atoms with van der Waals surface area (Å²) in [5.74, 6) is 0.436. The number of benzene rings is 1. The number of carbonyl (C=O) groups is 1. The fourth-order valence-corrected chi connectivity index (χ4v) is 4.38. The first kappa shape index (κ1) is 14.0. The fourth-order valence-electron chi connectivity index (χ4n) is 2.67. The van der Waals surface area contributed by atoms with Crippen LogP contribution in [-0.4, -0.2) is 29.2 Å². The Morgan fingerprint density at radius 2 is 2.30 bits per heavy atom. The zero-order chi connectivity index (χ0) is 14.1. The molecule has 106 valence electrons. The molecule has 1 unspecified atom stereocenters. The molecule has 1 saturated heterocycles. The second-order valence-electron chi connectivity index (χ2n) is 5.18. The van der Waals surface area contributed by atoms with Crippen molar-refractivity contribution in [2.24, 2.45) is 5.92 Å². The van der Waals surface area contributed by atoms with Crippen molar-refractivity contribution in [3.05, 3.63) is 35.0 Å². The molecule has 0 aliphatic carbocycles. The highest BCUT2D eigenvalue weighted by atomic mass is 79.9. The van der Waals surface area contributed by atoms with E-state index >= 15 is 0 Å². The summed E-state index contributed by atoms with van der Waals surface area (Å²) < 4.78 is 14.0. The van der Waals surface area contributed by atoms with Crippen molar-refractivity contribution in [3.8, 4) is 0 Å². The number of rotatable bonds is 3. The van der Waals surface area contributed by atoms with E-state index in [9.17, 15) is 9.18 Å². The number of amides is 1. The molecule has 2 nitrogen and oxygen atoms in total. The van der Waals surface area contributed by atoms with E-state index in [4.69, 9.17) is 0 Å². The highest BCUT2D eigenvalue weighted by molar-refractivity contribution is 9.09. The van der Waals surface area contributed by atoms with Crippen LogP contribution < -0.4 is 0 Å². The lowest BCUT2D eigenvalue weighted by Crippen LogP contribution is -2.28. The Kier molecular flexibility index (Phi) is 4.08. The maximum absolute atomic E-state index is 13.2. The fraction of sp³-hybridized carbons (Fsp3) is 0.400. The standard InChI is InChI=1S/C15H15BrFNOS/c16-5-3-10-4-6-18(9-10)15(19)14-7-11-1-2-12(17)8-13(11)20-14/h1-2,7-8,10H,3-6,9H2. The van der Waals surface area contributed by atoms with E-state index in [0.717, 1.165) is 41.3 Å². The summed E-state index contributed by atoms with van der Waals surface area (Å²) in [5.41, 5.74) is 0. The van der Waals surface area contributed by atoms with Crippen molar-refractivity contribution in [1.29, 1.82) is 0 Å². The predicted octanol–water partition coefficient (Wildman–Crippen LogP) is 4.29. The molecule has 3 rings (SSSR count). The molecule has 20 heavy (non-hydrogen) atoms. The second kappa shape index (κ2) is 5.82. The second-order valence-corrected chi connectivity index (χ2v) is 7.05. The van der Waals surface area contributed by atoms with Crippen molar-refractivity contribution < 1.29 is 9.18 Å². The number of hydrogen-bond donors (Lipinski definition) is 0. The molecule has 0 N–H and O–H groups in total. The van der Waals surface area contributed by atoms with Crippen LogP contribution in [-0.2, 0) is 0 Å². The summed E-state index contributed by atoms with van der Waals surface area (Å²) >= 11 is 4.83. The van der Waals surface area contributed by atoms with Crippen LogP contribution in [0.2, 0.25) is 0 Å². The van der Waals surface area contributed by atoms with Crippen molar-refractivity contribution in [1.82, 2.24) is 4.90 Å². The molecule has 0 bridgehead atoms. The van der Waals surface area contributed by atoms with Crippen molar-refractivity contribution in [3.63, 3.8) is 0 Å². The Morgan fingerprint density at radius 3 is 3.10 bits per heavy atom. The SMILES string of the molecule is O=C(c1cc2ccc(F)cc2s1)N1CCC(CCBr)C1. The molecule has 0 saturated carbocycles. The third-order valence-corrected chi connectivity index (χ3v) is 5.33. The normalized spacial score (nSPS) is 18.9. The molecule has 1 aliphatic heterocycles. The number of nitrogens with zero attached hydrogens (tertiary/aromatic N) is 1. The zero-order valence-electron chi connectivity index (χ0n) is 10.9. The number of thiophene rings is 1. The van der Waals surface area contributed by atoms with Crippen LogP contribution in [0, 0.1) is 11.7 Å². The highest BCUT2D eigenvalue weighted by Crippen LogP contribution is 2.29. The minimum Gasteiger partial charge on any atom is -0.338 e. The Morgan fingerprint density at radius 1 is 1.45 bits per heavy atom. The summed E-state index contributed by atoms with van der Waals surface area (Å²) in [5, 5.41) is 1.93. The minimum absolute atomic E-state index is 0.0867. The summed E-state index contributed by atoms with van der Waals surface area (Å²) in [6.07, 6.45) is 2.19. The molecule has 1 aromatic carbocycles. The lowest BCUT2D eigenvalue weighted by molar-refractivity contribution is 0.0792. The zero-order valence-corrected chi connectivity index (χ0v) is 13.3. The summed E-state index contributed by atoms with van der Waals surface area (Å²) in [6, 6.07) is 6.54. The molecule has 1 aliphatic rings. The van der Waals surface area contributed by atoms with Crippen LogP contribution in [0.15, 0.2) is 24.3 Å². The number of halogens is 2. The van der Waals surface area contributed by atoms with E-state index < -0.39 is 0 Å². The number of hydrogen-bond acceptors (Lipinski definition) is 2. The number of likely N-dealkylation sites (tertiary alicyclic amines) is 1. The minimum atomic E-state index is -0.253. The Labute approximate surface area is 129 Å². The molecule has 0 radical (unpaired) electrons. The average molecular weight is 356 g/mol. The highest BCUT2D eigenvalue weighted by Gasteiger charge is 2.27. The molecule has 1 fully saturated rings. The predicted molar refractivity (Wildman–Crippen MR) is 84.2 cm³/mol. The number of alkyl halides is 1. The van der Waals surface area contributed by atoms with Crippen LogP contribution in [0.4, 0.5) is 4.39 Å². The van der Waals surface area contributed by atoms with Gasteiger partial charge in [0.1, 0.15) is 5.82 Å². The van der Waals surface area contributed by atoms with E-state index in [2.05, 4.69) is 15.9 Å². The molecule has 0 spiro atoms. The summed E-state index contributed by atoms with van der Waals surface area (Å²) in [6.45, 7) is 1.67. The van der Waals surface area contributed by atoms with Crippen LogP contribution in [0.5, 0.6) is 0 Å². The van der Waals surface area contributed by atoms with Gasteiger partial charge in [0.25, 0.3) is 5.91 Å². The largest absolute Gasteiger partial charge is 0.338 e. The van der Waals surface area contributed by atoms with Gasteiger partial charge in [0.05, 0.1) is 4.88 Å². The van der Waals surface area contributed by atoms with E-state index in [-0.39, 0.29) is 11.7 Å². The first-order chi connectivity index (χ1) is 9.67. The van der Waals surface area contributed by atoms with Crippen molar-refractivity contribution >= 4 is 43.3 Å². The molecular formula is C15H15BrFNOS. The maximum Gasteiger partial charge on any atom is 0.263 e. The Bertz CT molecular complexity index is 642. The lowest BCUT2D eigenvalue weighted by atomic mass is 10.1. The molecule has 1 aromatic heterocycles. The molecule has 2 heterocycles. The van der Waals surface area contributed by atoms with Gasteiger partial charge in [-0.05, 0) is 42.3 Å². The quantitative estimate of drug-likeness (QED) is 0.752. The number of fused-ring (bicyclic) bond motifs is 1. The van der Waals surface area contributed by atoms with Gasteiger partial charge in [-0.15, -0.1) is 11.3 Å². The van der Waals surface area contributed by atoms with Crippen molar-refractivity contribution in [2.75, 3.05) is 18.4 Å². The van der Waals surface area contributed by atoms with Gasteiger partial charge in [-0.2, -0.15) is 0 Å². The van der Waals surface area contributed by atoms with Gasteiger partial charge in [-0.1, -0.05) is 22.0 Å². The molecule has 1 atom stereocenters. The van der Waals surface area contributed by atoms with Crippen LogP contribution >= 0.6 is 27.3 Å². The average Bonchev–Trinajstić information content (AvgIpc) is 3.04. The van der Waals surface area contributed by atoms with Gasteiger partial charge < -0.3 is 4.90 Å². The van der Waals surface area contributed by atoms with Gasteiger partial charge in [0.15, 0.2) is 0 Å². The van der Waals surface area contributed by atoms with Crippen LogP contribution in [0.3, 0.4) is 0 Å². The first-order valence-corrected chi connectivity index (χ1v) is 8.65. The van der Waals surface area contributed by atoms with Crippen molar-refractivity contribution in [2.45, 2.75) is 12.8 Å². The van der Waals surface area contributed by atoms with Gasteiger partial charge in [-0.25, -0.2) is 4.39 Å². The van der Waals surface area contributed by atoms with Gasteiger partial charge in [-0.3, -0.25) is 4.79 Å². The van der Waals surface area contributed by atoms with E-state index in [1.807, 2.05) is 11.0 Å². The van der Waals surface area contributed by atoms with Gasteiger partial charge in [0, 0.05) is 23.1 Å². The van der Waals surface area contributed by atoms with E-state index in [0.29, 0.717) is 10.8 Å². The molecule has 5 heteroatoms. The third-order valence-electron chi connectivity index (χ3n) is 3.78. The third kappa shape index (κ3) is 2.74. The molecule has 1 amide bonds. The monoisotopic (exact) mass is 355 g/mol. The Balaban J connectivity index is 1.79. The first-order valence-electron chi connectivity index (χ1n) is 6.71. The smallest absolute Gasteiger partial charge is 0.263 e. The molecule has 2 aromatic rings. The van der Waals surface area contributed by atoms with E-state index in [1.54, 1.807) is 6.07 Å². The summed E-state index contributed by atoms with van der Waals surface area (Å²) in [4.78, 5) is 15.1. The number of carbonyl (C=O) groups excluding carboxylic acids is 1. The topological polar surface area (TPSA) is 20.3 Å². The van der Waals surface area contributed by atoms with Crippen LogP contribution in [0.25, 0.3) is 10.1 Å². The van der Waals surface area contributed by atoms with Crippen LogP contribution in [0.1, 0.15) is 22.5 Å².